The van der Waals surface area contributed by atoms with Gasteiger partial charge in [0, 0.05) is 25.0 Å². The molecule has 1 heterocycles. The summed E-state index contributed by atoms with van der Waals surface area (Å²) < 4.78 is 5.52. The SMILES string of the molecule is O=C(NC[C@H]1CC2c3ccccc3C1c1ccccc12)[C@H]1CCCO1. The van der Waals surface area contributed by atoms with Gasteiger partial charge in [0.2, 0.25) is 5.91 Å². The molecule has 2 bridgehead atoms. The molecule has 2 atom stereocenters. The second-order valence-electron chi connectivity index (χ2n) is 7.53. The molecule has 1 amide bonds. The van der Waals surface area contributed by atoms with Gasteiger partial charge in [0.05, 0.1) is 0 Å². The van der Waals surface area contributed by atoms with E-state index >= 15 is 0 Å². The predicted octanol–water partition coefficient (Wildman–Crippen LogP) is 3.58. The number of hydrogen-bond donors (Lipinski definition) is 1. The van der Waals surface area contributed by atoms with Crippen LogP contribution in [0.5, 0.6) is 0 Å². The number of ether oxygens (including phenoxy) is 1. The molecule has 2 aromatic carbocycles. The summed E-state index contributed by atoms with van der Waals surface area (Å²) in [5.74, 6) is 1.38. The van der Waals surface area contributed by atoms with Gasteiger partial charge < -0.3 is 10.1 Å². The minimum Gasteiger partial charge on any atom is -0.368 e. The highest BCUT2D eigenvalue weighted by Crippen LogP contribution is 2.55. The van der Waals surface area contributed by atoms with E-state index in [4.69, 9.17) is 4.74 Å². The quantitative estimate of drug-likeness (QED) is 0.932. The third kappa shape index (κ3) is 2.41. The lowest BCUT2D eigenvalue weighted by Gasteiger charge is -2.45. The Hall–Kier alpha value is -2.13. The van der Waals surface area contributed by atoms with Gasteiger partial charge in [-0.25, -0.2) is 0 Å². The number of rotatable bonds is 3. The third-order valence-corrected chi connectivity index (χ3v) is 6.18. The van der Waals surface area contributed by atoms with Gasteiger partial charge in [-0.1, -0.05) is 48.5 Å². The van der Waals surface area contributed by atoms with Crippen LogP contribution < -0.4 is 5.32 Å². The molecule has 25 heavy (non-hydrogen) atoms. The van der Waals surface area contributed by atoms with Crippen molar-refractivity contribution in [1.82, 2.24) is 5.32 Å². The molecular weight excluding hydrogens is 310 g/mol. The Morgan fingerprint density at radius 3 is 2.24 bits per heavy atom. The molecule has 1 aliphatic heterocycles. The molecule has 3 nitrogen and oxygen atoms in total. The molecule has 6 rings (SSSR count). The molecule has 128 valence electrons. The van der Waals surface area contributed by atoms with Crippen molar-refractivity contribution >= 4 is 5.91 Å². The molecule has 0 radical (unpaired) electrons. The molecule has 0 saturated carbocycles. The molecule has 0 spiro atoms. The minimum absolute atomic E-state index is 0.0699. The van der Waals surface area contributed by atoms with Crippen LogP contribution in [0.4, 0.5) is 0 Å². The smallest absolute Gasteiger partial charge is 0.249 e. The fourth-order valence-corrected chi connectivity index (χ4v) is 5.09. The summed E-state index contributed by atoms with van der Waals surface area (Å²) in [5.41, 5.74) is 5.86. The van der Waals surface area contributed by atoms with Gasteiger partial charge in [0.1, 0.15) is 6.10 Å². The maximum atomic E-state index is 12.3. The van der Waals surface area contributed by atoms with E-state index in [1.807, 2.05) is 0 Å². The van der Waals surface area contributed by atoms with Crippen LogP contribution in [0.15, 0.2) is 48.5 Å². The van der Waals surface area contributed by atoms with Gasteiger partial charge >= 0.3 is 0 Å². The number of benzene rings is 2. The van der Waals surface area contributed by atoms with Crippen LogP contribution in [-0.2, 0) is 9.53 Å². The van der Waals surface area contributed by atoms with E-state index in [0.29, 0.717) is 24.4 Å². The fraction of sp³-hybridized carbons (Fsp3) is 0.409. The monoisotopic (exact) mass is 333 g/mol. The zero-order valence-corrected chi connectivity index (χ0v) is 14.3. The Morgan fingerprint density at radius 2 is 1.64 bits per heavy atom. The van der Waals surface area contributed by atoms with E-state index in [-0.39, 0.29) is 12.0 Å². The van der Waals surface area contributed by atoms with E-state index in [0.717, 1.165) is 25.8 Å². The lowest BCUT2D eigenvalue weighted by atomic mass is 9.59. The molecule has 1 saturated heterocycles. The molecule has 1 fully saturated rings. The normalized spacial score (nSPS) is 29.1. The van der Waals surface area contributed by atoms with Crippen LogP contribution in [0.3, 0.4) is 0 Å². The highest BCUT2D eigenvalue weighted by Gasteiger charge is 2.43. The maximum absolute atomic E-state index is 12.3. The molecule has 2 aromatic rings. The van der Waals surface area contributed by atoms with Gasteiger partial charge in [0.25, 0.3) is 0 Å². The minimum atomic E-state index is -0.236. The third-order valence-electron chi connectivity index (χ3n) is 6.18. The van der Waals surface area contributed by atoms with Crippen molar-refractivity contribution in [1.29, 1.82) is 0 Å². The highest BCUT2D eigenvalue weighted by atomic mass is 16.5. The van der Waals surface area contributed by atoms with Gasteiger partial charge in [-0.2, -0.15) is 0 Å². The van der Waals surface area contributed by atoms with Crippen LogP contribution in [0.1, 0.15) is 53.4 Å². The fourth-order valence-electron chi connectivity index (χ4n) is 5.09. The Bertz CT molecular complexity index is 762. The topological polar surface area (TPSA) is 38.3 Å². The van der Waals surface area contributed by atoms with Crippen molar-refractivity contribution < 1.29 is 9.53 Å². The second-order valence-corrected chi connectivity index (χ2v) is 7.53. The van der Waals surface area contributed by atoms with Crippen LogP contribution in [0.2, 0.25) is 0 Å². The molecule has 0 unspecified atom stereocenters. The van der Waals surface area contributed by atoms with E-state index in [2.05, 4.69) is 53.8 Å². The first kappa shape index (κ1) is 15.2. The molecule has 1 N–H and O–H groups in total. The lowest BCUT2D eigenvalue weighted by Crippen LogP contribution is -2.42. The van der Waals surface area contributed by atoms with Crippen LogP contribution >= 0.6 is 0 Å². The van der Waals surface area contributed by atoms with Crippen molar-refractivity contribution in [2.75, 3.05) is 13.2 Å². The summed E-state index contributed by atoms with van der Waals surface area (Å²) in [5, 5.41) is 3.18. The van der Waals surface area contributed by atoms with Crippen molar-refractivity contribution in [3.05, 3.63) is 70.8 Å². The van der Waals surface area contributed by atoms with E-state index in [1.165, 1.54) is 22.3 Å². The Morgan fingerprint density at radius 1 is 1.00 bits per heavy atom. The zero-order chi connectivity index (χ0) is 16.8. The van der Waals surface area contributed by atoms with Gasteiger partial charge in [-0.15, -0.1) is 0 Å². The molecule has 4 aliphatic rings. The summed E-state index contributed by atoms with van der Waals surface area (Å²) in [4.78, 5) is 12.3. The number of amides is 1. The number of hydrogen-bond acceptors (Lipinski definition) is 2. The lowest BCUT2D eigenvalue weighted by molar-refractivity contribution is -0.130. The van der Waals surface area contributed by atoms with Crippen molar-refractivity contribution in [2.45, 2.75) is 37.2 Å². The maximum Gasteiger partial charge on any atom is 0.249 e. The van der Waals surface area contributed by atoms with E-state index in [9.17, 15) is 4.79 Å². The summed E-state index contributed by atoms with van der Waals surface area (Å²) in [7, 11) is 0. The summed E-state index contributed by atoms with van der Waals surface area (Å²) in [6.45, 7) is 1.45. The van der Waals surface area contributed by atoms with Crippen LogP contribution in [-0.4, -0.2) is 25.2 Å². The average molecular weight is 333 g/mol. The van der Waals surface area contributed by atoms with Crippen molar-refractivity contribution in [2.24, 2.45) is 5.92 Å². The summed E-state index contributed by atoms with van der Waals surface area (Å²) >= 11 is 0. The first-order valence-electron chi connectivity index (χ1n) is 9.40. The zero-order valence-electron chi connectivity index (χ0n) is 14.3. The first-order chi connectivity index (χ1) is 12.3. The summed E-state index contributed by atoms with van der Waals surface area (Å²) in [6, 6.07) is 17.7. The van der Waals surface area contributed by atoms with E-state index in [1.54, 1.807) is 0 Å². The van der Waals surface area contributed by atoms with Crippen molar-refractivity contribution in [3.8, 4) is 0 Å². The number of nitrogens with one attached hydrogen (secondary N) is 1. The van der Waals surface area contributed by atoms with Crippen LogP contribution in [0, 0.1) is 5.92 Å². The first-order valence-corrected chi connectivity index (χ1v) is 9.40. The Balaban J connectivity index is 1.43. The van der Waals surface area contributed by atoms with Gasteiger partial charge in [0.15, 0.2) is 0 Å². The van der Waals surface area contributed by atoms with E-state index < -0.39 is 0 Å². The Kier molecular flexibility index (Phi) is 3.63. The largest absolute Gasteiger partial charge is 0.368 e. The molecule has 3 heteroatoms. The predicted molar refractivity (Wildman–Crippen MR) is 96.7 cm³/mol. The standard InChI is InChI=1S/C22H23NO2/c24-22(20-10-5-11-25-20)23-13-14-12-19-15-6-1-3-8-17(15)21(14)18-9-4-2-7-16(18)19/h1-4,6-9,14,19-21H,5,10-13H2,(H,23,24)/t14-,19?,20-,21?/m1/s1. The van der Waals surface area contributed by atoms with Crippen LogP contribution in [0.25, 0.3) is 0 Å². The average Bonchev–Trinajstić information content (AvgIpc) is 3.21. The number of carbonyl (C=O) groups is 1. The molecule has 3 aliphatic carbocycles. The summed E-state index contributed by atoms with van der Waals surface area (Å²) in [6.07, 6.45) is 2.73. The van der Waals surface area contributed by atoms with Gasteiger partial charge in [-0.05, 0) is 47.4 Å². The highest BCUT2D eigenvalue weighted by molar-refractivity contribution is 5.81. The second kappa shape index (κ2) is 5.99. The van der Waals surface area contributed by atoms with Gasteiger partial charge in [-0.3, -0.25) is 4.79 Å². The number of carbonyl (C=O) groups excluding carboxylic acids is 1. The molecular formula is C22H23NO2. The Labute approximate surface area is 148 Å². The van der Waals surface area contributed by atoms with Crippen molar-refractivity contribution in [3.63, 3.8) is 0 Å². The molecule has 0 aromatic heterocycles. The number of fused-ring (bicyclic) bond motifs is 1.